The first-order chi connectivity index (χ1) is 11.3. The molecule has 23 heavy (non-hydrogen) atoms. The maximum Gasteiger partial charge on any atom is -0.0351 e. The summed E-state index contributed by atoms with van der Waals surface area (Å²) in [5.41, 5.74) is 0. The van der Waals surface area contributed by atoms with Crippen LogP contribution >= 0.6 is 0 Å². The van der Waals surface area contributed by atoms with Crippen molar-refractivity contribution in [2.24, 2.45) is 5.92 Å². The van der Waals surface area contributed by atoms with Crippen LogP contribution in [0, 0.1) is 5.92 Å². The van der Waals surface area contributed by atoms with Crippen LogP contribution in [0.2, 0.25) is 0 Å². The van der Waals surface area contributed by atoms with E-state index in [4.69, 9.17) is 0 Å². The van der Waals surface area contributed by atoms with Crippen LogP contribution in [0.1, 0.15) is 130 Å². The van der Waals surface area contributed by atoms with Crippen molar-refractivity contribution in [3.05, 3.63) is 12.2 Å². The quantitative estimate of drug-likeness (QED) is 0.174. The molecule has 0 N–H and O–H groups in total. The Balaban J connectivity index is 3.29. The first-order valence-corrected chi connectivity index (χ1v) is 11.0. The molecule has 0 bridgehead atoms. The largest absolute Gasteiger partial charge is 0.0917 e. The van der Waals surface area contributed by atoms with Gasteiger partial charge in [0, 0.05) is 0 Å². The summed E-state index contributed by atoms with van der Waals surface area (Å²) in [6, 6.07) is 0. The van der Waals surface area contributed by atoms with Crippen LogP contribution in [0.5, 0.6) is 0 Å². The minimum absolute atomic E-state index is 1.02. The second kappa shape index (κ2) is 19.8. The van der Waals surface area contributed by atoms with Crippen LogP contribution in [0.15, 0.2) is 12.2 Å². The summed E-state index contributed by atoms with van der Waals surface area (Å²) in [5.74, 6) is 1.02. The van der Waals surface area contributed by atoms with Gasteiger partial charge in [-0.15, -0.1) is 0 Å². The van der Waals surface area contributed by atoms with E-state index in [-0.39, 0.29) is 0 Å². The van der Waals surface area contributed by atoms with Crippen molar-refractivity contribution in [1.29, 1.82) is 0 Å². The highest BCUT2D eigenvalue weighted by molar-refractivity contribution is 4.76. The van der Waals surface area contributed by atoms with E-state index in [1.165, 1.54) is 109 Å². The van der Waals surface area contributed by atoms with E-state index in [9.17, 15) is 0 Å². The van der Waals surface area contributed by atoms with Crippen LogP contribution < -0.4 is 0 Å². The predicted octanol–water partition coefficient (Wildman–Crippen LogP) is 8.85. The van der Waals surface area contributed by atoms with Crippen molar-refractivity contribution in [2.45, 2.75) is 130 Å². The number of hydrogen-bond acceptors (Lipinski definition) is 0. The van der Waals surface area contributed by atoms with E-state index in [0.717, 1.165) is 5.92 Å². The second-order valence-corrected chi connectivity index (χ2v) is 7.45. The molecule has 0 fully saturated rings. The van der Waals surface area contributed by atoms with Crippen LogP contribution in [-0.2, 0) is 0 Å². The smallest absolute Gasteiger partial charge is 0.0351 e. The Morgan fingerprint density at radius 1 is 0.609 bits per heavy atom. The van der Waals surface area contributed by atoms with Gasteiger partial charge in [-0.25, -0.2) is 0 Å². The molecule has 0 saturated heterocycles. The molecule has 0 aromatic rings. The van der Waals surface area contributed by atoms with Crippen molar-refractivity contribution in [3.8, 4) is 0 Å². The van der Waals surface area contributed by atoms with E-state index >= 15 is 0 Å². The van der Waals surface area contributed by atoms with E-state index in [1.54, 1.807) is 0 Å². The molecule has 0 aliphatic rings. The molecule has 0 amide bonds. The van der Waals surface area contributed by atoms with Gasteiger partial charge < -0.3 is 0 Å². The molecule has 0 saturated carbocycles. The third kappa shape index (κ3) is 17.9. The highest BCUT2D eigenvalue weighted by atomic mass is 14.1. The van der Waals surface area contributed by atoms with Gasteiger partial charge >= 0.3 is 0 Å². The Labute approximate surface area is 148 Å². The molecule has 0 rings (SSSR count). The lowest BCUT2D eigenvalue weighted by Gasteiger charge is -2.14. The molecule has 0 aromatic heterocycles. The third-order valence-electron chi connectivity index (χ3n) is 5.26. The van der Waals surface area contributed by atoms with E-state index < -0.39 is 0 Å². The fraction of sp³-hybridized carbons (Fsp3) is 0.913. The van der Waals surface area contributed by atoms with Gasteiger partial charge in [-0.3, -0.25) is 0 Å². The van der Waals surface area contributed by atoms with Crippen LogP contribution in [0.3, 0.4) is 0 Å². The van der Waals surface area contributed by atoms with E-state index in [1.807, 2.05) is 0 Å². The zero-order chi connectivity index (χ0) is 17.0. The van der Waals surface area contributed by atoms with Crippen LogP contribution in [0.25, 0.3) is 0 Å². The first-order valence-electron chi connectivity index (χ1n) is 11.0. The Hall–Kier alpha value is -0.260. The number of allylic oxidation sites excluding steroid dienone is 2. The summed E-state index contributed by atoms with van der Waals surface area (Å²) in [6.07, 6.45) is 29.0. The molecule has 1 atom stereocenters. The van der Waals surface area contributed by atoms with Gasteiger partial charge in [0.15, 0.2) is 0 Å². The molecule has 0 aliphatic carbocycles. The minimum Gasteiger partial charge on any atom is -0.0917 e. The molecular weight excluding hydrogens is 276 g/mol. The second-order valence-electron chi connectivity index (χ2n) is 7.45. The first kappa shape index (κ1) is 22.7. The lowest BCUT2D eigenvalue weighted by Crippen LogP contribution is -1.99. The monoisotopic (exact) mass is 322 g/mol. The number of hydrogen-bond donors (Lipinski definition) is 0. The van der Waals surface area contributed by atoms with E-state index in [0.29, 0.717) is 0 Å². The van der Waals surface area contributed by atoms with Crippen molar-refractivity contribution < 1.29 is 0 Å². The van der Waals surface area contributed by atoms with E-state index in [2.05, 4.69) is 32.9 Å². The Morgan fingerprint density at radius 3 is 1.57 bits per heavy atom. The van der Waals surface area contributed by atoms with Gasteiger partial charge in [0.25, 0.3) is 0 Å². The number of unbranched alkanes of at least 4 members (excludes halogenated alkanes) is 12. The maximum absolute atomic E-state index is 2.40. The van der Waals surface area contributed by atoms with Crippen LogP contribution in [-0.4, -0.2) is 0 Å². The summed E-state index contributed by atoms with van der Waals surface area (Å²) in [7, 11) is 0. The average Bonchev–Trinajstić information content (AvgIpc) is 2.57. The third-order valence-corrected chi connectivity index (χ3v) is 5.26. The van der Waals surface area contributed by atoms with Gasteiger partial charge in [-0.2, -0.15) is 0 Å². The minimum atomic E-state index is 1.02. The normalized spacial score (nSPS) is 13.0. The molecule has 0 nitrogen and oxygen atoms in total. The van der Waals surface area contributed by atoms with Crippen molar-refractivity contribution in [1.82, 2.24) is 0 Å². The standard InChI is InChI=1S/C23H46/c1-4-7-9-11-13-14-15-16-18-20-22-23(6-3)21-19-17-12-10-8-5-2/h4,7,23H,5-6,8-22H2,1-3H3. The zero-order valence-electron chi connectivity index (χ0n) is 16.8. The fourth-order valence-corrected chi connectivity index (χ4v) is 3.51. The van der Waals surface area contributed by atoms with Gasteiger partial charge in [0.05, 0.1) is 0 Å². The topological polar surface area (TPSA) is 0 Å². The molecule has 1 unspecified atom stereocenters. The predicted molar refractivity (Wildman–Crippen MR) is 108 cm³/mol. The Kier molecular flexibility index (Phi) is 19.6. The highest BCUT2D eigenvalue weighted by Crippen LogP contribution is 2.21. The maximum atomic E-state index is 2.40. The summed E-state index contributed by atoms with van der Waals surface area (Å²) in [5, 5.41) is 0. The van der Waals surface area contributed by atoms with Crippen molar-refractivity contribution >= 4 is 0 Å². The van der Waals surface area contributed by atoms with Gasteiger partial charge in [0.1, 0.15) is 0 Å². The highest BCUT2D eigenvalue weighted by Gasteiger charge is 2.05. The molecule has 0 aliphatic heterocycles. The van der Waals surface area contributed by atoms with Gasteiger partial charge in [-0.05, 0) is 25.7 Å². The molecule has 0 aromatic carbocycles. The summed E-state index contributed by atoms with van der Waals surface area (Å²) >= 11 is 0. The van der Waals surface area contributed by atoms with Crippen LogP contribution in [0.4, 0.5) is 0 Å². The molecule has 0 spiro atoms. The molecule has 138 valence electrons. The Morgan fingerprint density at radius 2 is 1.09 bits per heavy atom. The number of rotatable bonds is 18. The fourth-order valence-electron chi connectivity index (χ4n) is 3.51. The van der Waals surface area contributed by atoms with Crippen molar-refractivity contribution in [3.63, 3.8) is 0 Å². The van der Waals surface area contributed by atoms with Gasteiger partial charge in [-0.1, -0.05) is 122 Å². The molecule has 0 heteroatoms. The lowest BCUT2D eigenvalue weighted by atomic mass is 9.92. The molecular formula is C23H46. The summed E-state index contributed by atoms with van der Waals surface area (Å²) in [4.78, 5) is 0. The SMILES string of the molecule is CC=CCCCCCCCCCC(CC)CCCCCCCC. The summed E-state index contributed by atoms with van der Waals surface area (Å²) in [6.45, 7) is 6.82. The Bertz CT molecular complexity index is 228. The average molecular weight is 323 g/mol. The zero-order valence-corrected chi connectivity index (χ0v) is 16.8. The molecule has 0 radical (unpaired) electrons. The van der Waals surface area contributed by atoms with Crippen molar-refractivity contribution in [2.75, 3.05) is 0 Å². The molecule has 0 heterocycles. The lowest BCUT2D eigenvalue weighted by molar-refractivity contribution is 0.392. The summed E-state index contributed by atoms with van der Waals surface area (Å²) < 4.78 is 0. The van der Waals surface area contributed by atoms with Gasteiger partial charge in [0.2, 0.25) is 0 Å².